The van der Waals surface area contributed by atoms with Crippen LogP contribution in [0.3, 0.4) is 0 Å². The number of aromatic nitrogens is 1. The van der Waals surface area contributed by atoms with Crippen molar-refractivity contribution in [2.24, 2.45) is 7.05 Å². The molecule has 1 saturated heterocycles. The molecule has 0 radical (unpaired) electrons. The Bertz CT molecular complexity index is 1100. The minimum absolute atomic E-state index is 0.123. The van der Waals surface area contributed by atoms with Crippen LogP contribution in [0.5, 0.6) is 0 Å². The Kier molecular flexibility index (Phi) is 5.79. The highest BCUT2D eigenvalue weighted by Crippen LogP contribution is 2.25. The third kappa shape index (κ3) is 3.93. The van der Waals surface area contributed by atoms with Gasteiger partial charge in [0.2, 0.25) is 0 Å². The van der Waals surface area contributed by atoms with Gasteiger partial charge in [-0.25, -0.2) is 4.79 Å². The van der Waals surface area contributed by atoms with Crippen LogP contribution in [-0.2, 0) is 7.05 Å². The summed E-state index contributed by atoms with van der Waals surface area (Å²) >= 11 is 6.12. The van der Waals surface area contributed by atoms with E-state index in [1.165, 1.54) is 0 Å². The van der Waals surface area contributed by atoms with Crippen LogP contribution in [0, 0.1) is 6.92 Å². The van der Waals surface area contributed by atoms with E-state index in [1.807, 2.05) is 50.4 Å². The molecule has 0 aliphatic carbocycles. The third-order valence-corrected chi connectivity index (χ3v) is 6.15. The summed E-state index contributed by atoms with van der Waals surface area (Å²) in [4.78, 5) is 29.5. The summed E-state index contributed by atoms with van der Waals surface area (Å²) < 4.78 is 2.07. The highest BCUT2D eigenvalue weighted by molar-refractivity contribution is 6.33. The lowest BCUT2D eigenvalue weighted by molar-refractivity contribution is 0.0884. The van der Waals surface area contributed by atoms with Gasteiger partial charge in [0.15, 0.2) is 5.78 Å². The molecule has 0 unspecified atom stereocenters. The maximum atomic E-state index is 13.1. The zero-order valence-corrected chi connectivity index (χ0v) is 17.9. The van der Waals surface area contributed by atoms with Gasteiger partial charge in [-0.1, -0.05) is 41.9 Å². The van der Waals surface area contributed by atoms with Crippen LogP contribution < -0.4 is 5.32 Å². The number of anilines is 1. The first-order valence-corrected chi connectivity index (χ1v) is 10.4. The average molecular weight is 425 g/mol. The van der Waals surface area contributed by atoms with Gasteiger partial charge in [0, 0.05) is 55.4 Å². The SMILES string of the molecule is Cc1c(C(=O)CN2CCN(C(=O)Nc3ccccc3Cl)CC2)c2ccccc2n1C. The molecule has 1 aliphatic heterocycles. The Morgan fingerprint density at radius 3 is 2.40 bits per heavy atom. The number of hydrogen-bond donors (Lipinski definition) is 1. The maximum absolute atomic E-state index is 13.1. The summed E-state index contributed by atoms with van der Waals surface area (Å²) in [5.74, 6) is 0.123. The normalized spacial score (nSPS) is 14.8. The van der Waals surface area contributed by atoms with Crippen molar-refractivity contribution in [3.8, 4) is 0 Å². The molecule has 0 spiro atoms. The summed E-state index contributed by atoms with van der Waals surface area (Å²) in [6.45, 7) is 4.80. The molecule has 1 aromatic heterocycles. The number of piperazine rings is 1. The van der Waals surface area contributed by atoms with Crippen LogP contribution in [0.1, 0.15) is 16.1 Å². The van der Waals surface area contributed by atoms with Gasteiger partial charge in [0.25, 0.3) is 0 Å². The molecule has 0 atom stereocenters. The molecule has 1 aliphatic rings. The van der Waals surface area contributed by atoms with Gasteiger partial charge in [0.05, 0.1) is 17.3 Å². The number of nitrogens with zero attached hydrogens (tertiary/aromatic N) is 3. The van der Waals surface area contributed by atoms with Gasteiger partial charge in [-0.15, -0.1) is 0 Å². The lowest BCUT2D eigenvalue weighted by atomic mass is 10.1. The van der Waals surface area contributed by atoms with Gasteiger partial charge >= 0.3 is 6.03 Å². The van der Waals surface area contributed by atoms with Crippen molar-refractivity contribution >= 4 is 40.0 Å². The second kappa shape index (κ2) is 8.50. The molecule has 30 heavy (non-hydrogen) atoms. The lowest BCUT2D eigenvalue weighted by Gasteiger charge is -2.34. The number of benzene rings is 2. The second-order valence-electron chi connectivity index (χ2n) is 7.63. The molecule has 3 aromatic rings. The fourth-order valence-electron chi connectivity index (χ4n) is 4.02. The first kappa shape index (κ1) is 20.4. The molecule has 2 heterocycles. The molecule has 2 amide bonds. The summed E-state index contributed by atoms with van der Waals surface area (Å²) in [6.07, 6.45) is 0. The molecule has 156 valence electrons. The standard InChI is InChI=1S/C23H25ClN4O2/c1-16-22(17-7-3-6-10-20(17)26(16)2)21(29)15-27-11-13-28(14-12-27)23(30)25-19-9-5-4-8-18(19)24/h3-10H,11-15H2,1-2H3,(H,25,30). The Morgan fingerprint density at radius 1 is 1.00 bits per heavy atom. The van der Waals surface area contributed by atoms with E-state index in [4.69, 9.17) is 11.6 Å². The van der Waals surface area contributed by atoms with E-state index in [0.29, 0.717) is 43.4 Å². The van der Waals surface area contributed by atoms with Crippen molar-refractivity contribution in [1.29, 1.82) is 0 Å². The molecular weight excluding hydrogens is 400 g/mol. The molecule has 1 fully saturated rings. The number of ketones is 1. The highest BCUT2D eigenvalue weighted by atomic mass is 35.5. The first-order valence-electron chi connectivity index (χ1n) is 10.1. The summed E-state index contributed by atoms with van der Waals surface area (Å²) in [6, 6.07) is 15.0. The fraction of sp³-hybridized carbons (Fsp3) is 0.304. The minimum atomic E-state index is -0.168. The predicted octanol–water partition coefficient (Wildman–Crippen LogP) is 4.17. The van der Waals surface area contributed by atoms with E-state index in [0.717, 1.165) is 22.2 Å². The second-order valence-corrected chi connectivity index (χ2v) is 8.04. The van der Waals surface area contributed by atoms with E-state index in [2.05, 4.69) is 14.8 Å². The van der Waals surface area contributed by atoms with Crippen molar-refractivity contribution < 1.29 is 9.59 Å². The van der Waals surface area contributed by atoms with Gasteiger partial charge in [-0.2, -0.15) is 0 Å². The zero-order valence-electron chi connectivity index (χ0n) is 17.2. The predicted molar refractivity (Wildman–Crippen MR) is 120 cm³/mol. The summed E-state index contributed by atoms with van der Waals surface area (Å²) in [7, 11) is 1.99. The van der Waals surface area contributed by atoms with Crippen molar-refractivity contribution in [3.05, 3.63) is 64.8 Å². The van der Waals surface area contributed by atoms with Crippen LogP contribution >= 0.6 is 11.6 Å². The van der Waals surface area contributed by atoms with Crippen LogP contribution in [0.25, 0.3) is 10.9 Å². The van der Waals surface area contributed by atoms with Crippen molar-refractivity contribution in [2.45, 2.75) is 6.92 Å². The van der Waals surface area contributed by atoms with Gasteiger partial charge < -0.3 is 14.8 Å². The van der Waals surface area contributed by atoms with Crippen LogP contribution in [0.2, 0.25) is 5.02 Å². The Hall–Kier alpha value is -2.83. The number of Topliss-reactive ketones (excluding diaryl/α,β-unsaturated/α-hetero) is 1. The quantitative estimate of drug-likeness (QED) is 0.639. The van der Waals surface area contributed by atoms with Gasteiger partial charge in [0.1, 0.15) is 0 Å². The first-order chi connectivity index (χ1) is 14.5. The smallest absolute Gasteiger partial charge is 0.321 e. The number of carbonyl (C=O) groups excluding carboxylic acids is 2. The van der Waals surface area contributed by atoms with Crippen LogP contribution in [0.15, 0.2) is 48.5 Å². The Balaban J connectivity index is 1.37. The highest BCUT2D eigenvalue weighted by Gasteiger charge is 2.25. The summed E-state index contributed by atoms with van der Waals surface area (Å²) in [5.41, 5.74) is 3.46. The van der Waals surface area contributed by atoms with E-state index < -0.39 is 0 Å². The topological polar surface area (TPSA) is 57.6 Å². The van der Waals surface area contributed by atoms with Crippen molar-refractivity contribution in [2.75, 3.05) is 38.0 Å². The molecular formula is C23H25ClN4O2. The lowest BCUT2D eigenvalue weighted by Crippen LogP contribution is -2.51. The van der Waals surface area contributed by atoms with E-state index in [9.17, 15) is 9.59 Å². The Labute approximate surface area is 181 Å². The number of nitrogens with one attached hydrogen (secondary N) is 1. The number of para-hydroxylation sites is 2. The monoisotopic (exact) mass is 424 g/mol. The number of halogens is 1. The van der Waals surface area contributed by atoms with Crippen LogP contribution in [-0.4, -0.2) is 58.9 Å². The number of hydrogen-bond acceptors (Lipinski definition) is 3. The van der Waals surface area contributed by atoms with E-state index in [1.54, 1.807) is 17.0 Å². The zero-order chi connectivity index (χ0) is 21.3. The molecule has 6 nitrogen and oxygen atoms in total. The Morgan fingerprint density at radius 2 is 1.67 bits per heavy atom. The number of rotatable bonds is 4. The maximum Gasteiger partial charge on any atom is 0.321 e. The molecule has 1 N–H and O–H groups in total. The summed E-state index contributed by atoms with van der Waals surface area (Å²) in [5, 5.41) is 4.37. The molecule has 0 saturated carbocycles. The average Bonchev–Trinajstić information content (AvgIpc) is 3.01. The molecule has 2 aromatic carbocycles. The number of amides is 2. The van der Waals surface area contributed by atoms with Crippen LogP contribution in [0.4, 0.5) is 10.5 Å². The number of fused-ring (bicyclic) bond motifs is 1. The van der Waals surface area contributed by atoms with Gasteiger partial charge in [-0.05, 0) is 25.1 Å². The minimum Gasteiger partial charge on any atom is -0.347 e. The van der Waals surface area contributed by atoms with E-state index in [-0.39, 0.29) is 11.8 Å². The number of carbonyl (C=O) groups is 2. The molecule has 4 rings (SSSR count). The van der Waals surface area contributed by atoms with Crippen molar-refractivity contribution in [3.63, 3.8) is 0 Å². The fourth-order valence-corrected chi connectivity index (χ4v) is 4.20. The largest absolute Gasteiger partial charge is 0.347 e. The van der Waals surface area contributed by atoms with E-state index >= 15 is 0 Å². The van der Waals surface area contributed by atoms with Gasteiger partial charge in [-0.3, -0.25) is 9.69 Å². The van der Waals surface area contributed by atoms with Crippen molar-refractivity contribution in [1.82, 2.24) is 14.4 Å². The molecule has 7 heteroatoms. The number of urea groups is 1. The molecule has 0 bridgehead atoms. The third-order valence-electron chi connectivity index (χ3n) is 5.82. The number of aryl methyl sites for hydroxylation is 1.